The molecule has 2 amide bonds. The Labute approximate surface area is 126 Å². The molecular formula is C15H15N3O4. The van der Waals surface area contributed by atoms with Crippen LogP contribution in [0.3, 0.4) is 0 Å². The van der Waals surface area contributed by atoms with Gasteiger partial charge in [0.15, 0.2) is 6.61 Å². The lowest BCUT2D eigenvalue weighted by atomic mass is 10.2. The molecule has 7 heteroatoms. The van der Waals surface area contributed by atoms with Gasteiger partial charge in [-0.1, -0.05) is 17.7 Å². The summed E-state index contributed by atoms with van der Waals surface area (Å²) in [5.41, 5.74) is 4.77. The molecule has 114 valence electrons. The first-order valence-electron chi connectivity index (χ1n) is 6.52. The van der Waals surface area contributed by atoms with Gasteiger partial charge in [-0.15, -0.1) is 0 Å². The van der Waals surface area contributed by atoms with Gasteiger partial charge < -0.3 is 9.72 Å². The summed E-state index contributed by atoms with van der Waals surface area (Å²) in [6.45, 7) is 1.69. The Bertz CT molecular complexity index is 722. The van der Waals surface area contributed by atoms with E-state index in [-0.39, 0.29) is 12.2 Å². The summed E-state index contributed by atoms with van der Waals surface area (Å²) in [7, 11) is 0. The van der Waals surface area contributed by atoms with Gasteiger partial charge in [0.25, 0.3) is 17.4 Å². The predicted octanol–water partition coefficient (Wildman–Crippen LogP) is 0.523. The van der Waals surface area contributed by atoms with Crippen molar-refractivity contribution in [1.82, 2.24) is 15.8 Å². The van der Waals surface area contributed by atoms with Gasteiger partial charge in [-0.2, -0.15) is 0 Å². The van der Waals surface area contributed by atoms with Crippen LogP contribution in [-0.4, -0.2) is 23.4 Å². The number of benzene rings is 1. The first kappa shape index (κ1) is 15.3. The number of hydrazine groups is 1. The predicted molar refractivity (Wildman–Crippen MR) is 79.3 cm³/mol. The van der Waals surface area contributed by atoms with E-state index >= 15 is 0 Å². The van der Waals surface area contributed by atoms with E-state index in [9.17, 15) is 14.4 Å². The fraction of sp³-hybridized carbons (Fsp3) is 0.133. The Morgan fingerprint density at radius 2 is 1.86 bits per heavy atom. The molecule has 0 saturated heterocycles. The first-order valence-corrected chi connectivity index (χ1v) is 6.52. The van der Waals surface area contributed by atoms with Crippen molar-refractivity contribution in [2.24, 2.45) is 0 Å². The maximum absolute atomic E-state index is 11.7. The smallest absolute Gasteiger partial charge is 0.276 e. The Hall–Kier alpha value is -3.09. The number of rotatable bonds is 4. The second-order valence-corrected chi connectivity index (χ2v) is 4.52. The number of ether oxygens (including phenoxy) is 1. The zero-order valence-electron chi connectivity index (χ0n) is 11.9. The maximum Gasteiger partial charge on any atom is 0.276 e. The highest BCUT2D eigenvalue weighted by molar-refractivity contribution is 5.95. The molecule has 0 aliphatic heterocycles. The average molecular weight is 301 g/mol. The number of pyridine rings is 1. The Balaban J connectivity index is 1.80. The molecule has 0 aliphatic rings. The van der Waals surface area contributed by atoms with Gasteiger partial charge in [-0.3, -0.25) is 25.2 Å². The lowest BCUT2D eigenvalue weighted by Gasteiger charge is -2.08. The molecule has 2 rings (SSSR count). The van der Waals surface area contributed by atoms with E-state index in [0.717, 1.165) is 5.56 Å². The van der Waals surface area contributed by atoms with E-state index in [2.05, 4.69) is 15.8 Å². The second-order valence-electron chi connectivity index (χ2n) is 4.52. The number of nitrogens with one attached hydrogen (secondary N) is 3. The van der Waals surface area contributed by atoms with Crippen LogP contribution in [0.4, 0.5) is 0 Å². The SMILES string of the molecule is Cc1ccc(OCC(=O)NNC(=O)c2ccc[nH]c2=O)cc1. The van der Waals surface area contributed by atoms with Crippen molar-refractivity contribution in [3.63, 3.8) is 0 Å². The zero-order chi connectivity index (χ0) is 15.9. The highest BCUT2D eigenvalue weighted by Gasteiger charge is 2.10. The van der Waals surface area contributed by atoms with Crippen molar-refractivity contribution in [3.8, 4) is 5.75 Å². The standard InChI is InChI=1S/C15H15N3O4/c1-10-4-6-11(7-5-10)22-9-13(19)17-18-15(21)12-3-2-8-16-14(12)20/h2-8H,9H2,1H3,(H,16,20)(H,17,19)(H,18,21). The van der Waals surface area contributed by atoms with Gasteiger partial charge in [0.2, 0.25) is 0 Å². The third-order valence-electron chi connectivity index (χ3n) is 2.77. The molecular weight excluding hydrogens is 286 g/mol. The Kier molecular flexibility index (Phi) is 4.92. The molecule has 1 aromatic carbocycles. The number of hydrogen-bond acceptors (Lipinski definition) is 4. The molecule has 0 unspecified atom stereocenters. The van der Waals surface area contributed by atoms with Crippen LogP contribution in [0.2, 0.25) is 0 Å². The zero-order valence-corrected chi connectivity index (χ0v) is 11.9. The monoisotopic (exact) mass is 301 g/mol. The minimum absolute atomic E-state index is 0.0951. The number of aromatic nitrogens is 1. The molecule has 0 bridgehead atoms. The summed E-state index contributed by atoms with van der Waals surface area (Å²) < 4.78 is 5.25. The van der Waals surface area contributed by atoms with E-state index in [1.54, 1.807) is 12.1 Å². The molecule has 3 N–H and O–H groups in total. The Morgan fingerprint density at radius 3 is 2.55 bits per heavy atom. The number of aryl methyl sites for hydroxylation is 1. The van der Waals surface area contributed by atoms with E-state index in [4.69, 9.17) is 4.74 Å². The third kappa shape index (κ3) is 4.20. The fourth-order valence-electron chi connectivity index (χ4n) is 1.61. The van der Waals surface area contributed by atoms with Crippen molar-refractivity contribution in [1.29, 1.82) is 0 Å². The summed E-state index contributed by atoms with van der Waals surface area (Å²) in [5.74, 6) is -0.696. The summed E-state index contributed by atoms with van der Waals surface area (Å²) in [5, 5.41) is 0. The normalized spacial score (nSPS) is 9.86. The second kappa shape index (κ2) is 7.07. The van der Waals surface area contributed by atoms with Crippen LogP contribution >= 0.6 is 0 Å². The first-order chi connectivity index (χ1) is 10.6. The molecule has 0 atom stereocenters. The van der Waals surface area contributed by atoms with Crippen LogP contribution in [-0.2, 0) is 4.79 Å². The van der Waals surface area contributed by atoms with Crippen LogP contribution in [0.15, 0.2) is 47.4 Å². The quantitative estimate of drug-likeness (QED) is 0.717. The number of hydrogen-bond donors (Lipinski definition) is 3. The largest absolute Gasteiger partial charge is 0.484 e. The van der Waals surface area contributed by atoms with Crippen LogP contribution in [0.25, 0.3) is 0 Å². The van der Waals surface area contributed by atoms with Crippen molar-refractivity contribution < 1.29 is 14.3 Å². The summed E-state index contributed by atoms with van der Waals surface area (Å²) in [6, 6.07) is 10.1. The van der Waals surface area contributed by atoms with Crippen molar-refractivity contribution in [2.45, 2.75) is 6.92 Å². The molecule has 0 saturated carbocycles. The van der Waals surface area contributed by atoms with Gasteiger partial charge in [0.05, 0.1) is 0 Å². The van der Waals surface area contributed by atoms with Gasteiger partial charge in [0.1, 0.15) is 11.3 Å². The Morgan fingerprint density at radius 1 is 1.14 bits per heavy atom. The van der Waals surface area contributed by atoms with Crippen LogP contribution in [0, 0.1) is 6.92 Å². The molecule has 2 aromatic rings. The summed E-state index contributed by atoms with van der Waals surface area (Å²) >= 11 is 0. The molecule has 7 nitrogen and oxygen atoms in total. The average Bonchev–Trinajstić information content (AvgIpc) is 2.52. The van der Waals surface area contributed by atoms with Crippen LogP contribution < -0.4 is 21.1 Å². The number of aromatic amines is 1. The van der Waals surface area contributed by atoms with Crippen LogP contribution in [0.5, 0.6) is 5.75 Å². The lowest BCUT2D eigenvalue weighted by molar-refractivity contribution is -0.123. The number of amides is 2. The van der Waals surface area contributed by atoms with E-state index in [0.29, 0.717) is 5.75 Å². The van der Waals surface area contributed by atoms with Crippen LogP contribution in [0.1, 0.15) is 15.9 Å². The fourth-order valence-corrected chi connectivity index (χ4v) is 1.61. The molecule has 22 heavy (non-hydrogen) atoms. The molecule has 1 aromatic heterocycles. The highest BCUT2D eigenvalue weighted by Crippen LogP contribution is 2.10. The highest BCUT2D eigenvalue weighted by atomic mass is 16.5. The lowest BCUT2D eigenvalue weighted by Crippen LogP contribution is -2.45. The number of carbonyl (C=O) groups is 2. The van der Waals surface area contributed by atoms with E-state index in [1.807, 2.05) is 19.1 Å². The third-order valence-corrected chi connectivity index (χ3v) is 2.77. The summed E-state index contributed by atoms with van der Waals surface area (Å²) in [4.78, 5) is 37.0. The summed E-state index contributed by atoms with van der Waals surface area (Å²) in [6.07, 6.45) is 1.41. The molecule has 0 fully saturated rings. The number of carbonyl (C=O) groups excluding carboxylic acids is 2. The molecule has 0 radical (unpaired) electrons. The van der Waals surface area contributed by atoms with E-state index in [1.165, 1.54) is 18.3 Å². The maximum atomic E-state index is 11.7. The molecule has 0 spiro atoms. The minimum Gasteiger partial charge on any atom is -0.484 e. The van der Waals surface area contributed by atoms with Gasteiger partial charge in [0, 0.05) is 6.20 Å². The molecule has 1 heterocycles. The van der Waals surface area contributed by atoms with Crippen molar-refractivity contribution in [3.05, 3.63) is 64.1 Å². The molecule has 0 aliphatic carbocycles. The van der Waals surface area contributed by atoms with Gasteiger partial charge in [-0.25, -0.2) is 0 Å². The van der Waals surface area contributed by atoms with Crippen molar-refractivity contribution >= 4 is 11.8 Å². The van der Waals surface area contributed by atoms with Gasteiger partial charge >= 0.3 is 0 Å². The minimum atomic E-state index is -0.703. The van der Waals surface area contributed by atoms with Crippen molar-refractivity contribution in [2.75, 3.05) is 6.61 Å². The van der Waals surface area contributed by atoms with E-state index < -0.39 is 17.4 Å². The topological polar surface area (TPSA) is 100 Å². The van der Waals surface area contributed by atoms with Gasteiger partial charge in [-0.05, 0) is 31.2 Å². The number of H-pyrrole nitrogens is 1.